The van der Waals surface area contributed by atoms with E-state index in [0.29, 0.717) is 5.88 Å². The first-order chi connectivity index (χ1) is 8.74. The molecular weight excluding hydrogens is 269 g/mol. The number of hydrogen-bond donors (Lipinski definition) is 0. The Kier molecular flexibility index (Phi) is 4.61. The Morgan fingerprint density at radius 3 is 2.39 bits per heavy atom. The van der Waals surface area contributed by atoms with E-state index < -0.39 is 0 Å². The number of benzene rings is 1. The number of hydrogen-bond acceptors (Lipinski definition) is 2. The molecule has 0 amide bonds. The second-order valence-electron chi connectivity index (χ2n) is 4.12. The number of aromatic nitrogens is 3. The van der Waals surface area contributed by atoms with Crippen LogP contribution in [0.5, 0.6) is 0 Å². The van der Waals surface area contributed by atoms with Gasteiger partial charge in [0, 0.05) is 18.0 Å². The molecule has 0 aliphatic heterocycles. The van der Waals surface area contributed by atoms with E-state index >= 15 is 0 Å². The van der Waals surface area contributed by atoms with Crippen LogP contribution in [0.3, 0.4) is 0 Å². The topological polar surface area (TPSA) is 30.7 Å². The van der Waals surface area contributed by atoms with Crippen LogP contribution in [0, 0.1) is 0 Å². The number of nitrogens with zero attached hydrogens (tertiary/aromatic N) is 3. The van der Waals surface area contributed by atoms with Crippen molar-refractivity contribution in [1.82, 2.24) is 14.8 Å². The van der Waals surface area contributed by atoms with Gasteiger partial charge in [0.2, 0.25) is 0 Å². The minimum atomic E-state index is 0.396. The van der Waals surface area contributed by atoms with Gasteiger partial charge in [0.15, 0.2) is 0 Å². The SMILES string of the molecule is CCCn1c(CCl)nnc1Cc1ccc(Cl)cc1. The highest BCUT2D eigenvalue weighted by molar-refractivity contribution is 6.30. The highest BCUT2D eigenvalue weighted by atomic mass is 35.5. The van der Waals surface area contributed by atoms with E-state index in [1.165, 1.54) is 5.56 Å². The Bertz CT molecular complexity index is 505. The Morgan fingerprint density at radius 2 is 1.78 bits per heavy atom. The first-order valence-corrected chi connectivity index (χ1v) is 6.87. The van der Waals surface area contributed by atoms with E-state index in [1.807, 2.05) is 24.3 Å². The van der Waals surface area contributed by atoms with Crippen molar-refractivity contribution in [2.45, 2.75) is 32.2 Å². The third kappa shape index (κ3) is 3.03. The zero-order chi connectivity index (χ0) is 13.0. The minimum absolute atomic E-state index is 0.396. The highest BCUT2D eigenvalue weighted by Gasteiger charge is 2.10. The molecule has 0 aliphatic carbocycles. The van der Waals surface area contributed by atoms with E-state index in [2.05, 4.69) is 21.7 Å². The maximum absolute atomic E-state index is 5.87. The lowest BCUT2D eigenvalue weighted by atomic mass is 10.1. The lowest BCUT2D eigenvalue weighted by molar-refractivity contribution is 0.627. The molecule has 2 aromatic rings. The van der Waals surface area contributed by atoms with Crippen LogP contribution in [0.15, 0.2) is 24.3 Å². The van der Waals surface area contributed by atoms with Gasteiger partial charge in [-0.05, 0) is 24.1 Å². The van der Waals surface area contributed by atoms with Gasteiger partial charge in [0.25, 0.3) is 0 Å². The second kappa shape index (κ2) is 6.21. The molecule has 0 aliphatic rings. The third-order valence-electron chi connectivity index (χ3n) is 2.75. The molecule has 0 bridgehead atoms. The van der Waals surface area contributed by atoms with Crippen molar-refractivity contribution in [2.24, 2.45) is 0 Å². The highest BCUT2D eigenvalue weighted by Crippen LogP contribution is 2.14. The van der Waals surface area contributed by atoms with Crippen molar-refractivity contribution in [3.63, 3.8) is 0 Å². The van der Waals surface area contributed by atoms with Gasteiger partial charge in [-0.3, -0.25) is 0 Å². The molecule has 18 heavy (non-hydrogen) atoms. The third-order valence-corrected chi connectivity index (χ3v) is 3.24. The Balaban J connectivity index is 2.22. The van der Waals surface area contributed by atoms with Crippen LogP contribution < -0.4 is 0 Å². The number of alkyl halides is 1. The molecule has 96 valence electrons. The molecule has 2 rings (SSSR count). The predicted molar refractivity (Wildman–Crippen MR) is 74.1 cm³/mol. The Morgan fingerprint density at radius 1 is 1.11 bits per heavy atom. The zero-order valence-electron chi connectivity index (χ0n) is 10.2. The quantitative estimate of drug-likeness (QED) is 0.784. The first kappa shape index (κ1) is 13.4. The van der Waals surface area contributed by atoms with Crippen molar-refractivity contribution in [2.75, 3.05) is 0 Å². The van der Waals surface area contributed by atoms with E-state index in [0.717, 1.165) is 36.1 Å². The summed E-state index contributed by atoms with van der Waals surface area (Å²) in [6.07, 6.45) is 1.79. The van der Waals surface area contributed by atoms with Crippen LogP contribution in [-0.2, 0) is 18.8 Å². The zero-order valence-corrected chi connectivity index (χ0v) is 11.7. The van der Waals surface area contributed by atoms with E-state index in [4.69, 9.17) is 23.2 Å². The fourth-order valence-corrected chi connectivity index (χ4v) is 2.19. The van der Waals surface area contributed by atoms with Gasteiger partial charge in [0.05, 0.1) is 5.88 Å². The van der Waals surface area contributed by atoms with Crippen molar-refractivity contribution in [3.05, 3.63) is 46.5 Å². The minimum Gasteiger partial charge on any atom is -0.314 e. The average Bonchev–Trinajstić information content (AvgIpc) is 2.75. The van der Waals surface area contributed by atoms with E-state index in [1.54, 1.807) is 0 Å². The van der Waals surface area contributed by atoms with Crippen molar-refractivity contribution >= 4 is 23.2 Å². The fourth-order valence-electron chi connectivity index (χ4n) is 1.87. The molecule has 1 aromatic carbocycles. The summed E-state index contributed by atoms with van der Waals surface area (Å²) in [5, 5.41) is 9.09. The molecule has 0 saturated heterocycles. The van der Waals surface area contributed by atoms with Gasteiger partial charge in [-0.15, -0.1) is 21.8 Å². The molecule has 0 unspecified atom stereocenters. The molecule has 0 fully saturated rings. The fraction of sp³-hybridized carbons (Fsp3) is 0.385. The van der Waals surface area contributed by atoms with Gasteiger partial charge in [-0.2, -0.15) is 0 Å². The molecule has 0 saturated carbocycles. The number of halogens is 2. The van der Waals surface area contributed by atoms with Crippen LogP contribution in [0.1, 0.15) is 30.6 Å². The normalized spacial score (nSPS) is 10.8. The largest absolute Gasteiger partial charge is 0.314 e. The van der Waals surface area contributed by atoms with Gasteiger partial charge in [-0.1, -0.05) is 30.7 Å². The standard InChI is InChI=1S/C13H15Cl2N3/c1-2-7-18-12(16-17-13(18)9-14)8-10-3-5-11(15)6-4-10/h3-6H,2,7-9H2,1H3. The molecule has 1 aromatic heterocycles. The maximum atomic E-state index is 5.87. The molecule has 5 heteroatoms. The van der Waals surface area contributed by atoms with Gasteiger partial charge < -0.3 is 4.57 Å². The summed E-state index contributed by atoms with van der Waals surface area (Å²) in [5.74, 6) is 2.19. The maximum Gasteiger partial charge on any atom is 0.147 e. The summed E-state index contributed by atoms with van der Waals surface area (Å²) in [4.78, 5) is 0. The molecule has 0 spiro atoms. The average molecular weight is 284 g/mol. The van der Waals surface area contributed by atoms with Gasteiger partial charge >= 0.3 is 0 Å². The summed E-state index contributed by atoms with van der Waals surface area (Å²) < 4.78 is 2.10. The van der Waals surface area contributed by atoms with Crippen molar-refractivity contribution < 1.29 is 0 Å². The van der Waals surface area contributed by atoms with E-state index in [-0.39, 0.29) is 0 Å². The summed E-state index contributed by atoms with van der Waals surface area (Å²) >= 11 is 11.7. The molecule has 1 heterocycles. The smallest absolute Gasteiger partial charge is 0.147 e. The lowest BCUT2D eigenvalue weighted by Crippen LogP contribution is -2.07. The molecule has 3 nitrogen and oxygen atoms in total. The first-order valence-electron chi connectivity index (χ1n) is 5.96. The van der Waals surface area contributed by atoms with Gasteiger partial charge in [-0.25, -0.2) is 0 Å². The summed E-state index contributed by atoms with van der Waals surface area (Å²) in [5.41, 5.74) is 1.17. The van der Waals surface area contributed by atoms with Crippen LogP contribution >= 0.6 is 23.2 Å². The molecule has 0 radical (unpaired) electrons. The Labute approximate surface area is 117 Å². The van der Waals surface area contributed by atoms with Crippen molar-refractivity contribution in [1.29, 1.82) is 0 Å². The van der Waals surface area contributed by atoms with Crippen LogP contribution in [-0.4, -0.2) is 14.8 Å². The van der Waals surface area contributed by atoms with Crippen molar-refractivity contribution in [3.8, 4) is 0 Å². The Hall–Kier alpha value is -1.06. The van der Waals surface area contributed by atoms with Crippen LogP contribution in [0.25, 0.3) is 0 Å². The summed E-state index contributed by atoms with van der Waals surface area (Å²) in [6, 6.07) is 7.79. The van der Waals surface area contributed by atoms with E-state index in [9.17, 15) is 0 Å². The molecule has 0 N–H and O–H groups in total. The van der Waals surface area contributed by atoms with Gasteiger partial charge in [0.1, 0.15) is 11.6 Å². The predicted octanol–water partition coefficient (Wildman–Crippen LogP) is 3.67. The second-order valence-corrected chi connectivity index (χ2v) is 4.82. The molecular formula is C13H15Cl2N3. The summed E-state index contributed by atoms with van der Waals surface area (Å²) in [7, 11) is 0. The number of rotatable bonds is 5. The monoisotopic (exact) mass is 283 g/mol. The van der Waals surface area contributed by atoms with Crippen LogP contribution in [0.2, 0.25) is 5.02 Å². The summed E-state index contributed by atoms with van der Waals surface area (Å²) in [6.45, 7) is 3.03. The molecule has 0 atom stereocenters. The lowest BCUT2D eigenvalue weighted by Gasteiger charge is -2.07. The van der Waals surface area contributed by atoms with Crippen LogP contribution in [0.4, 0.5) is 0 Å².